The molecule has 0 N–H and O–H groups in total. The molecule has 0 aliphatic carbocycles. The van der Waals surface area contributed by atoms with Gasteiger partial charge in [-0.15, -0.1) is 0 Å². The highest BCUT2D eigenvalue weighted by Gasteiger charge is 2.42. The summed E-state index contributed by atoms with van der Waals surface area (Å²) in [6.07, 6.45) is 2.65. The van der Waals surface area contributed by atoms with Gasteiger partial charge in [0.15, 0.2) is 6.29 Å². The van der Waals surface area contributed by atoms with Crippen LogP contribution in [0, 0.1) is 0 Å². The van der Waals surface area contributed by atoms with Crippen molar-refractivity contribution in [1.29, 1.82) is 0 Å². The normalized spacial score (nSPS) is 12.6. The van der Waals surface area contributed by atoms with Crippen molar-refractivity contribution in [3.05, 3.63) is 25.5 Å². The van der Waals surface area contributed by atoms with Gasteiger partial charge in [-0.25, -0.2) is 4.79 Å². The van der Waals surface area contributed by atoms with Gasteiger partial charge in [0.2, 0.25) is 0 Å². The van der Waals surface area contributed by atoms with Crippen molar-refractivity contribution in [2.45, 2.75) is 25.7 Å². The lowest BCUT2D eigenvalue weighted by Crippen LogP contribution is -2.45. The summed E-state index contributed by atoms with van der Waals surface area (Å²) in [4.78, 5) is 11.2. The van der Waals surface area contributed by atoms with Crippen LogP contribution in [0.5, 0.6) is 0 Å². The molecule has 0 bridgehead atoms. The Kier molecular flexibility index (Phi) is 9.14. The van der Waals surface area contributed by atoms with E-state index in [2.05, 4.69) is 13.2 Å². The molecule has 0 rings (SSSR count). The third-order valence-electron chi connectivity index (χ3n) is 2.31. The molecular weight excluding hydrogens is 268 g/mol. The van der Waals surface area contributed by atoms with Gasteiger partial charge in [0, 0.05) is 26.3 Å². The van der Waals surface area contributed by atoms with Gasteiger partial charge in [-0.3, -0.25) is 0 Å². The van der Waals surface area contributed by atoms with Crippen LogP contribution in [0.25, 0.3) is 0 Å². The van der Waals surface area contributed by atoms with E-state index in [-0.39, 0.29) is 6.29 Å². The highest BCUT2D eigenvalue weighted by atomic mass is 28.4. The average molecular weight is 290 g/mol. The fourth-order valence-electron chi connectivity index (χ4n) is 1.33. The first-order chi connectivity index (χ1) is 9.03. The van der Waals surface area contributed by atoms with E-state index in [4.69, 9.17) is 22.8 Å². The molecule has 0 aromatic heterocycles. The first kappa shape index (κ1) is 17.8. The third kappa shape index (κ3) is 7.11. The quantitative estimate of drug-likeness (QED) is 0.190. The van der Waals surface area contributed by atoms with Crippen LogP contribution in [0.4, 0.5) is 0 Å². The molecule has 1 atom stereocenters. The molecule has 1 unspecified atom stereocenters. The minimum Gasteiger partial charge on any atom is -0.473 e. The van der Waals surface area contributed by atoms with Crippen molar-refractivity contribution in [2.75, 3.05) is 20.8 Å². The number of hydrogen-bond acceptors (Lipinski definition) is 6. The first-order valence-corrected chi connectivity index (χ1v) is 7.80. The van der Waals surface area contributed by atoms with Crippen LogP contribution >= 0.6 is 0 Å². The average Bonchev–Trinajstić information content (AvgIpc) is 2.42. The molecule has 0 aromatic rings. The summed E-state index contributed by atoms with van der Waals surface area (Å²) < 4.78 is 26.0. The molecule has 0 aliphatic heterocycles. The lowest BCUT2D eigenvalue weighted by molar-refractivity contribution is -0.133. The number of ether oxygens (including phenoxy) is 2. The standard InChI is InChI=1S/C12H22O6Si/c1-6-12(13)18-19(14-4,15-5)10-8-9-17-11(3)16-7-2/h6-7,11H,1-2,8-10H2,3-5H3. The molecule has 0 saturated heterocycles. The van der Waals surface area contributed by atoms with Crippen molar-refractivity contribution in [2.24, 2.45) is 0 Å². The van der Waals surface area contributed by atoms with E-state index in [9.17, 15) is 4.79 Å². The smallest absolute Gasteiger partial charge is 0.473 e. The highest BCUT2D eigenvalue weighted by Crippen LogP contribution is 2.17. The Hall–Kier alpha value is -1.15. The van der Waals surface area contributed by atoms with Crippen LogP contribution in [0.1, 0.15) is 13.3 Å². The molecule has 6 nitrogen and oxygen atoms in total. The van der Waals surface area contributed by atoms with Crippen LogP contribution in [0.15, 0.2) is 25.5 Å². The second-order valence-electron chi connectivity index (χ2n) is 3.56. The summed E-state index contributed by atoms with van der Waals surface area (Å²) in [5.74, 6) is -0.556. The molecule has 0 saturated carbocycles. The first-order valence-electron chi connectivity index (χ1n) is 5.87. The van der Waals surface area contributed by atoms with E-state index < -0.39 is 14.8 Å². The molecule has 0 aromatic carbocycles. The summed E-state index contributed by atoms with van der Waals surface area (Å²) in [6, 6.07) is 0.459. The molecule has 0 amide bonds. The van der Waals surface area contributed by atoms with Crippen molar-refractivity contribution in [3.63, 3.8) is 0 Å². The van der Waals surface area contributed by atoms with E-state index in [0.717, 1.165) is 6.08 Å². The Morgan fingerprint density at radius 3 is 2.42 bits per heavy atom. The second kappa shape index (κ2) is 9.73. The van der Waals surface area contributed by atoms with Crippen molar-refractivity contribution >= 4 is 14.8 Å². The zero-order chi connectivity index (χ0) is 14.7. The van der Waals surface area contributed by atoms with Gasteiger partial charge in [-0.05, 0) is 13.3 Å². The Morgan fingerprint density at radius 2 is 1.95 bits per heavy atom. The summed E-state index contributed by atoms with van der Waals surface area (Å²) in [7, 11) is -0.0702. The maximum atomic E-state index is 11.2. The molecule has 7 heteroatoms. The molecule has 19 heavy (non-hydrogen) atoms. The zero-order valence-corrected chi connectivity index (χ0v) is 12.7. The van der Waals surface area contributed by atoms with E-state index in [1.54, 1.807) is 6.92 Å². The minimum absolute atomic E-state index is 0.366. The van der Waals surface area contributed by atoms with Gasteiger partial charge in [0.05, 0.1) is 12.9 Å². The molecule has 0 aliphatic rings. The molecular formula is C12H22O6Si. The topological polar surface area (TPSA) is 63.2 Å². The maximum absolute atomic E-state index is 11.2. The summed E-state index contributed by atoms with van der Waals surface area (Å²) in [6.45, 7) is 8.97. The van der Waals surface area contributed by atoms with Gasteiger partial charge in [0.1, 0.15) is 0 Å². The van der Waals surface area contributed by atoms with Gasteiger partial charge in [-0.1, -0.05) is 13.2 Å². The maximum Gasteiger partial charge on any atom is 0.567 e. The van der Waals surface area contributed by atoms with Crippen LogP contribution in [0.2, 0.25) is 6.04 Å². The lowest BCUT2D eigenvalue weighted by Gasteiger charge is -2.25. The predicted octanol–water partition coefficient (Wildman–Crippen LogP) is 1.86. The van der Waals surface area contributed by atoms with E-state index in [1.165, 1.54) is 20.5 Å². The lowest BCUT2D eigenvalue weighted by atomic mass is 10.5. The minimum atomic E-state index is -2.98. The van der Waals surface area contributed by atoms with Gasteiger partial charge in [0.25, 0.3) is 0 Å². The number of carbonyl (C=O) groups is 1. The summed E-state index contributed by atoms with van der Waals surface area (Å²) in [5, 5.41) is 0. The van der Waals surface area contributed by atoms with E-state index in [1.807, 2.05) is 0 Å². The largest absolute Gasteiger partial charge is 0.567 e. The third-order valence-corrected chi connectivity index (χ3v) is 5.03. The summed E-state index contributed by atoms with van der Waals surface area (Å²) in [5.41, 5.74) is 0. The van der Waals surface area contributed by atoms with Gasteiger partial charge in [-0.2, -0.15) is 0 Å². The number of hydrogen-bond donors (Lipinski definition) is 0. The van der Waals surface area contributed by atoms with Gasteiger partial charge >= 0.3 is 14.8 Å². The molecule has 0 fully saturated rings. The van der Waals surface area contributed by atoms with Crippen molar-refractivity contribution in [3.8, 4) is 0 Å². The monoisotopic (exact) mass is 290 g/mol. The number of rotatable bonds is 11. The van der Waals surface area contributed by atoms with Crippen LogP contribution in [-0.4, -0.2) is 41.9 Å². The SMILES string of the molecule is C=COC(C)OCCC[Si](OC)(OC)OC(=O)C=C. The predicted molar refractivity (Wildman–Crippen MR) is 72.2 cm³/mol. The Labute approximate surface area is 115 Å². The van der Waals surface area contributed by atoms with Crippen LogP contribution in [-0.2, 0) is 27.5 Å². The van der Waals surface area contributed by atoms with E-state index >= 15 is 0 Å². The van der Waals surface area contributed by atoms with Crippen molar-refractivity contribution in [1.82, 2.24) is 0 Å². The van der Waals surface area contributed by atoms with Crippen molar-refractivity contribution < 1.29 is 27.5 Å². The Bertz CT molecular complexity index is 290. The van der Waals surface area contributed by atoms with Crippen LogP contribution < -0.4 is 0 Å². The second-order valence-corrected chi connectivity index (χ2v) is 6.45. The molecule has 0 spiro atoms. The number of carbonyl (C=O) groups excluding carboxylic acids is 1. The van der Waals surface area contributed by atoms with Crippen LogP contribution in [0.3, 0.4) is 0 Å². The fraction of sp³-hybridized carbons (Fsp3) is 0.583. The Balaban J connectivity index is 4.17. The summed E-state index contributed by atoms with van der Waals surface area (Å²) >= 11 is 0. The van der Waals surface area contributed by atoms with Gasteiger partial charge < -0.3 is 22.8 Å². The zero-order valence-electron chi connectivity index (χ0n) is 11.7. The molecule has 110 valence electrons. The van der Waals surface area contributed by atoms with E-state index in [0.29, 0.717) is 19.1 Å². The fourth-order valence-corrected chi connectivity index (χ4v) is 3.14. The molecule has 0 radical (unpaired) electrons. The highest BCUT2D eigenvalue weighted by molar-refractivity contribution is 6.62. The Morgan fingerprint density at radius 1 is 1.32 bits per heavy atom. The molecule has 0 heterocycles.